The van der Waals surface area contributed by atoms with Crippen LogP contribution in [0.2, 0.25) is 0 Å². The molecule has 0 aliphatic rings. The summed E-state index contributed by atoms with van der Waals surface area (Å²) in [7, 11) is 0. The molecular weight excluding hydrogens is 524 g/mol. The summed E-state index contributed by atoms with van der Waals surface area (Å²) in [5.41, 5.74) is 8.85. The molecule has 0 amide bonds. The van der Waals surface area contributed by atoms with Gasteiger partial charge in [0.25, 0.3) is 0 Å². The minimum Gasteiger partial charge on any atom is -0.392 e. The zero-order chi connectivity index (χ0) is 22.9. The molecule has 4 rings (SSSR count). The predicted octanol–water partition coefficient (Wildman–Crippen LogP) is 9.00. The topological polar surface area (TPSA) is 20.2 Å². The minimum atomic E-state index is -0.0533. The van der Waals surface area contributed by atoms with E-state index in [1.54, 1.807) is 0 Å². The SMILES string of the molecule is CC(C)(C)c1ccc(-c2cc(-c3ccc(Br)cc3)c(-c3ccccc3)c(CO)c2Br)cc1. The zero-order valence-corrected chi connectivity index (χ0v) is 21.7. The molecule has 0 heterocycles. The lowest BCUT2D eigenvalue weighted by atomic mass is 9.84. The van der Waals surface area contributed by atoms with Crippen LogP contribution in [0, 0.1) is 0 Å². The number of hydrogen-bond acceptors (Lipinski definition) is 1. The van der Waals surface area contributed by atoms with Crippen LogP contribution in [-0.2, 0) is 12.0 Å². The maximum absolute atomic E-state index is 10.5. The fraction of sp³-hybridized carbons (Fsp3) is 0.172. The van der Waals surface area contributed by atoms with Gasteiger partial charge in [-0.05, 0) is 78.5 Å². The van der Waals surface area contributed by atoms with E-state index in [4.69, 9.17) is 0 Å². The maximum Gasteiger partial charge on any atom is 0.0699 e. The number of hydrogen-bond donors (Lipinski definition) is 1. The van der Waals surface area contributed by atoms with E-state index >= 15 is 0 Å². The number of aliphatic hydroxyl groups excluding tert-OH is 1. The first-order valence-electron chi connectivity index (χ1n) is 10.7. The van der Waals surface area contributed by atoms with Gasteiger partial charge in [0.2, 0.25) is 0 Å². The van der Waals surface area contributed by atoms with Crippen LogP contribution in [0.5, 0.6) is 0 Å². The van der Waals surface area contributed by atoms with Crippen molar-refractivity contribution >= 4 is 31.9 Å². The van der Waals surface area contributed by atoms with E-state index in [1.807, 2.05) is 18.2 Å². The van der Waals surface area contributed by atoms with Gasteiger partial charge in [0, 0.05) is 14.5 Å². The average molecular weight is 550 g/mol. The molecule has 1 N–H and O–H groups in total. The Morgan fingerprint density at radius 2 is 1.25 bits per heavy atom. The largest absolute Gasteiger partial charge is 0.392 e. The molecule has 0 bridgehead atoms. The van der Waals surface area contributed by atoms with Crippen molar-refractivity contribution in [3.05, 3.63) is 105 Å². The van der Waals surface area contributed by atoms with Crippen molar-refractivity contribution in [3.63, 3.8) is 0 Å². The normalized spacial score (nSPS) is 11.6. The first-order chi connectivity index (χ1) is 15.3. The number of aliphatic hydroxyl groups is 1. The molecule has 0 aromatic heterocycles. The van der Waals surface area contributed by atoms with Crippen molar-refractivity contribution in [1.29, 1.82) is 0 Å². The molecule has 1 nitrogen and oxygen atoms in total. The monoisotopic (exact) mass is 548 g/mol. The Balaban J connectivity index is 1.99. The lowest BCUT2D eigenvalue weighted by Crippen LogP contribution is -2.10. The lowest BCUT2D eigenvalue weighted by Gasteiger charge is -2.21. The van der Waals surface area contributed by atoms with E-state index in [0.29, 0.717) is 0 Å². The summed E-state index contributed by atoms with van der Waals surface area (Å²) in [5.74, 6) is 0. The van der Waals surface area contributed by atoms with Gasteiger partial charge in [-0.1, -0.05) is 103 Å². The van der Waals surface area contributed by atoms with Crippen LogP contribution in [0.1, 0.15) is 31.9 Å². The van der Waals surface area contributed by atoms with Gasteiger partial charge in [-0.25, -0.2) is 0 Å². The van der Waals surface area contributed by atoms with E-state index in [9.17, 15) is 5.11 Å². The van der Waals surface area contributed by atoms with Crippen molar-refractivity contribution in [2.24, 2.45) is 0 Å². The van der Waals surface area contributed by atoms with Crippen LogP contribution in [0.3, 0.4) is 0 Å². The van der Waals surface area contributed by atoms with Crippen molar-refractivity contribution in [1.82, 2.24) is 0 Å². The fourth-order valence-corrected chi connectivity index (χ4v) is 4.95. The Morgan fingerprint density at radius 1 is 0.688 bits per heavy atom. The highest BCUT2D eigenvalue weighted by Crippen LogP contribution is 2.44. The highest BCUT2D eigenvalue weighted by atomic mass is 79.9. The van der Waals surface area contributed by atoms with Gasteiger partial charge < -0.3 is 5.11 Å². The van der Waals surface area contributed by atoms with E-state index in [1.165, 1.54) is 5.56 Å². The third-order valence-corrected chi connectivity index (χ3v) is 7.23. The standard InChI is InChI=1S/C29H26Br2O/c1-29(2,3)22-13-9-20(10-14-22)25-17-24(19-11-15-23(30)16-12-19)27(26(18-32)28(25)31)21-7-5-4-6-8-21/h4-17,32H,18H2,1-3H3. The first kappa shape index (κ1) is 23.0. The molecule has 0 spiro atoms. The van der Waals surface area contributed by atoms with Crippen LogP contribution in [0.25, 0.3) is 33.4 Å². The van der Waals surface area contributed by atoms with E-state index in [-0.39, 0.29) is 12.0 Å². The third-order valence-electron chi connectivity index (χ3n) is 5.80. The third kappa shape index (κ3) is 4.61. The van der Waals surface area contributed by atoms with E-state index < -0.39 is 0 Å². The Kier molecular flexibility index (Phi) is 6.71. The second-order valence-electron chi connectivity index (χ2n) is 9.00. The second kappa shape index (κ2) is 9.35. The summed E-state index contributed by atoms with van der Waals surface area (Å²) in [5, 5.41) is 10.5. The van der Waals surface area contributed by atoms with Gasteiger partial charge >= 0.3 is 0 Å². The quantitative estimate of drug-likeness (QED) is 0.269. The maximum atomic E-state index is 10.5. The number of rotatable bonds is 4. The van der Waals surface area contributed by atoms with E-state index in [0.717, 1.165) is 47.9 Å². The molecule has 0 saturated carbocycles. The Hall–Kier alpha value is -2.20. The second-order valence-corrected chi connectivity index (χ2v) is 10.7. The van der Waals surface area contributed by atoms with Crippen molar-refractivity contribution in [3.8, 4) is 33.4 Å². The predicted molar refractivity (Wildman–Crippen MR) is 143 cm³/mol. The molecule has 0 atom stereocenters. The molecule has 0 unspecified atom stereocenters. The summed E-state index contributed by atoms with van der Waals surface area (Å²) in [6.45, 7) is 6.62. The van der Waals surface area contributed by atoms with Crippen LogP contribution in [0.4, 0.5) is 0 Å². The number of benzene rings is 4. The molecule has 4 aromatic carbocycles. The summed E-state index contributed by atoms with van der Waals surface area (Å²) in [6.07, 6.45) is 0. The first-order valence-corrected chi connectivity index (χ1v) is 12.3. The Bertz CT molecular complexity index is 1220. The van der Waals surface area contributed by atoms with Crippen LogP contribution in [0.15, 0.2) is 93.9 Å². The minimum absolute atomic E-state index is 0.0533. The van der Waals surface area contributed by atoms with Gasteiger partial charge in [0.15, 0.2) is 0 Å². The molecule has 32 heavy (non-hydrogen) atoms. The van der Waals surface area contributed by atoms with Crippen molar-refractivity contribution < 1.29 is 5.11 Å². The molecule has 3 heteroatoms. The molecule has 4 aromatic rings. The van der Waals surface area contributed by atoms with Crippen LogP contribution >= 0.6 is 31.9 Å². The molecule has 162 valence electrons. The van der Waals surface area contributed by atoms with Crippen LogP contribution in [-0.4, -0.2) is 5.11 Å². The van der Waals surface area contributed by atoms with E-state index in [2.05, 4.69) is 119 Å². The highest BCUT2D eigenvalue weighted by molar-refractivity contribution is 9.10. The Labute approximate surface area is 207 Å². The Morgan fingerprint density at radius 3 is 1.81 bits per heavy atom. The molecule has 0 radical (unpaired) electrons. The van der Waals surface area contributed by atoms with Gasteiger partial charge in [-0.15, -0.1) is 0 Å². The van der Waals surface area contributed by atoms with Gasteiger partial charge in [-0.2, -0.15) is 0 Å². The summed E-state index contributed by atoms with van der Waals surface area (Å²) in [4.78, 5) is 0. The smallest absolute Gasteiger partial charge is 0.0699 e. The zero-order valence-electron chi connectivity index (χ0n) is 18.5. The van der Waals surface area contributed by atoms with Crippen molar-refractivity contribution in [2.45, 2.75) is 32.8 Å². The molecular formula is C29H26Br2O. The van der Waals surface area contributed by atoms with Gasteiger partial charge in [0.05, 0.1) is 6.61 Å². The molecule has 0 aliphatic carbocycles. The van der Waals surface area contributed by atoms with Crippen LogP contribution < -0.4 is 0 Å². The lowest BCUT2D eigenvalue weighted by molar-refractivity contribution is 0.281. The highest BCUT2D eigenvalue weighted by Gasteiger charge is 2.20. The summed E-state index contributed by atoms with van der Waals surface area (Å²) >= 11 is 7.38. The van der Waals surface area contributed by atoms with Gasteiger partial charge in [-0.3, -0.25) is 0 Å². The molecule has 0 saturated heterocycles. The summed E-state index contributed by atoms with van der Waals surface area (Å²) < 4.78 is 1.98. The average Bonchev–Trinajstić information content (AvgIpc) is 2.79. The number of halogens is 2. The summed E-state index contributed by atoms with van der Waals surface area (Å²) in [6, 6.07) is 29.6. The molecule has 0 aliphatic heterocycles. The van der Waals surface area contributed by atoms with Crippen molar-refractivity contribution in [2.75, 3.05) is 0 Å². The fourth-order valence-electron chi connectivity index (χ4n) is 4.01. The van der Waals surface area contributed by atoms with Gasteiger partial charge in [0.1, 0.15) is 0 Å². The molecule has 0 fully saturated rings.